The van der Waals surface area contributed by atoms with Crippen LogP contribution in [0.25, 0.3) is 0 Å². The molecule has 1 aromatic heterocycles. The topological polar surface area (TPSA) is 56.1 Å². The molecule has 1 heterocycles. The van der Waals surface area contributed by atoms with Crippen LogP contribution in [0.1, 0.15) is 59.2 Å². The van der Waals surface area contributed by atoms with E-state index in [-0.39, 0.29) is 0 Å². The maximum absolute atomic E-state index is 11.9. The van der Waals surface area contributed by atoms with Gasteiger partial charge in [0.2, 0.25) is 0 Å². The van der Waals surface area contributed by atoms with Gasteiger partial charge in [0, 0.05) is 6.04 Å². The Morgan fingerprint density at radius 1 is 1.37 bits per heavy atom. The molecule has 2 rings (SSSR count). The van der Waals surface area contributed by atoms with Gasteiger partial charge in [-0.05, 0) is 47.5 Å². The van der Waals surface area contributed by atoms with Crippen LogP contribution >= 0.6 is 0 Å². The standard InChI is InChI=1S/C14H23N3O2/c1-13(2,3)19-12(18)16-14(4,5)11-8-15-9-17(11)10-6-7-10/h8-10H,6-7H2,1-5H3,(H,16,18). The van der Waals surface area contributed by atoms with Crippen LogP contribution in [0.3, 0.4) is 0 Å². The van der Waals surface area contributed by atoms with Crippen LogP contribution in [0.4, 0.5) is 4.79 Å². The summed E-state index contributed by atoms with van der Waals surface area (Å²) < 4.78 is 7.46. The predicted molar refractivity (Wildman–Crippen MR) is 72.9 cm³/mol. The van der Waals surface area contributed by atoms with Crippen molar-refractivity contribution in [2.75, 3.05) is 0 Å². The third-order valence-electron chi connectivity index (χ3n) is 3.06. The van der Waals surface area contributed by atoms with E-state index in [0.717, 1.165) is 5.69 Å². The van der Waals surface area contributed by atoms with Crippen molar-refractivity contribution in [2.24, 2.45) is 0 Å². The predicted octanol–water partition coefficient (Wildman–Crippen LogP) is 2.98. The van der Waals surface area contributed by atoms with Gasteiger partial charge in [-0.3, -0.25) is 0 Å². The number of amides is 1. The van der Waals surface area contributed by atoms with Crippen molar-refractivity contribution in [3.63, 3.8) is 0 Å². The molecule has 0 spiro atoms. The molecule has 5 heteroatoms. The lowest BCUT2D eigenvalue weighted by Gasteiger charge is -2.29. The lowest BCUT2D eigenvalue weighted by Crippen LogP contribution is -2.44. The highest BCUT2D eigenvalue weighted by Gasteiger charge is 2.33. The highest BCUT2D eigenvalue weighted by Crippen LogP contribution is 2.37. The van der Waals surface area contributed by atoms with Crippen molar-refractivity contribution in [1.82, 2.24) is 14.9 Å². The number of hydrogen-bond acceptors (Lipinski definition) is 3. The molecule has 0 aliphatic heterocycles. The smallest absolute Gasteiger partial charge is 0.408 e. The summed E-state index contributed by atoms with van der Waals surface area (Å²) in [7, 11) is 0. The summed E-state index contributed by atoms with van der Waals surface area (Å²) in [6.45, 7) is 9.50. The Labute approximate surface area is 114 Å². The van der Waals surface area contributed by atoms with Gasteiger partial charge in [-0.25, -0.2) is 9.78 Å². The molecule has 0 atom stereocenters. The minimum Gasteiger partial charge on any atom is -0.444 e. The minimum atomic E-state index is -0.499. The summed E-state index contributed by atoms with van der Waals surface area (Å²) >= 11 is 0. The Morgan fingerprint density at radius 2 is 2.00 bits per heavy atom. The SMILES string of the molecule is CC(C)(C)OC(=O)NC(C)(C)c1cncn1C1CC1. The van der Waals surface area contributed by atoms with E-state index < -0.39 is 17.2 Å². The highest BCUT2D eigenvalue weighted by atomic mass is 16.6. The summed E-state index contributed by atoms with van der Waals surface area (Å²) in [5.41, 5.74) is 0.0269. The average molecular weight is 265 g/mol. The first kappa shape index (κ1) is 13.9. The molecule has 1 aromatic rings. The molecule has 1 saturated carbocycles. The summed E-state index contributed by atoms with van der Waals surface area (Å²) in [5, 5.41) is 2.92. The first-order chi connectivity index (χ1) is 8.69. The van der Waals surface area contributed by atoms with Crippen molar-refractivity contribution in [3.05, 3.63) is 18.2 Å². The van der Waals surface area contributed by atoms with Crippen molar-refractivity contribution in [2.45, 2.75) is 64.6 Å². The normalized spacial score (nSPS) is 16.3. The van der Waals surface area contributed by atoms with Gasteiger partial charge in [0.15, 0.2) is 0 Å². The van der Waals surface area contributed by atoms with Gasteiger partial charge in [-0.2, -0.15) is 0 Å². The number of aromatic nitrogens is 2. The molecular formula is C14H23N3O2. The van der Waals surface area contributed by atoms with E-state index in [9.17, 15) is 4.79 Å². The highest BCUT2D eigenvalue weighted by molar-refractivity contribution is 5.68. The van der Waals surface area contributed by atoms with Crippen molar-refractivity contribution >= 4 is 6.09 Å². The fourth-order valence-corrected chi connectivity index (χ4v) is 2.06. The molecule has 5 nitrogen and oxygen atoms in total. The zero-order valence-electron chi connectivity index (χ0n) is 12.4. The number of alkyl carbamates (subject to hydrolysis) is 1. The van der Waals surface area contributed by atoms with Gasteiger partial charge in [-0.1, -0.05) is 0 Å². The molecule has 1 amide bonds. The number of nitrogens with one attached hydrogen (secondary N) is 1. The molecule has 0 aromatic carbocycles. The number of nitrogens with zero attached hydrogens (tertiary/aromatic N) is 2. The third-order valence-corrected chi connectivity index (χ3v) is 3.06. The minimum absolute atomic E-state index is 0.402. The van der Waals surface area contributed by atoms with Crippen molar-refractivity contribution in [1.29, 1.82) is 0 Å². The van der Waals surface area contributed by atoms with Gasteiger partial charge >= 0.3 is 6.09 Å². The molecule has 1 aliphatic rings. The summed E-state index contributed by atoms with van der Waals surface area (Å²) in [6, 6.07) is 0.539. The summed E-state index contributed by atoms with van der Waals surface area (Å²) in [6.07, 6.45) is 5.62. The molecule has 106 valence electrons. The Kier molecular flexibility index (Phi) is 3.32. The first-order valence-corrected chi connectivity index (χ1v) is 6.72. The van der Waals surface area contributed by atoms with Crippen LogP contribution < -0.4 is 5.32 Å². The molecule has 1 aliphatic carbocycles. The zero-order valence-corrected chi connectivity index (χ0v) is 12.4. The second-order valence-electron chi connectivity index (χ2n) is 6.67. The Morgan fingerprint density at radius 3 is 2.53 bits per heavy atom. The fraction of sp³-hybridized carbons (Fsp3) is 0.714. The van der Waals surface area contributed by atoms with Crippen molar-refractivity contribution < 1.29 is 9.53 Å². The Hall–Kier alpha value is -1.52. The fourth-order valence-electron chi connectivity index (χ4n) is 2.06. The second-order valence-corrected chi connectivity index (χ2v) is 6.67. The number of carbonyl (C=O) groups excluding carboxylic acids is 1. The van der Waals surface area contributed by atoms with Gasteiger partial charge < -0.3 is 14.6 Å². The average Bonchev–Trinajstić information content (AvgIpc) is 2.91. The molecule has 1 N–H and O–H groups in total. The van der Waals surface area contributed by atoms with E-state index in [2.05, 4.69) is 14.9 Å². The Bertz CT molecular complexity index is 467. The summed E-state index contributed by atoms with van der Waals surface area (Å²) in [4.78, 5) is 16.1. The second kappa shape index (κ2) is 4.54. The molecule has 0 saturated heterocycles. The molecule has 0 bridgehead atoms. The molecule has 1 fully saturated rings. The molecule has 0 radical (unpaired) electrons. The first-order valence-electron chi connectivity index (χ1n) is 6.72. The number of imidazole rings is 1. The van der Waals surface area contributed by atoms with Gasteiger partial charge in [0.25, 0.3) is 0 Å². The van der Waals surface area contributed by atoms with E-state index in [4.69, 9.17) is 4.74 Å². The van der Waals surface area contributed by atoms with Gasteiger partial charge in [-0.15, -0.1) is 0 Å². The van der Waals surface area contributed by atoms with E-state index in [1.807, 2.05) is 47.1 Å². The zero-order chi connectivity index (χ0) is 14.3. The number of carbonyl (C=O) groups is 1. The largest absolute Gasteiger partial charge is 0.444 e. The van der Waals surface area contributed by atoms with Crippen LogP contribution in [0.5, 0.6) is 0 Å². The summed E-state index contributed by atoms with van der Waals surface area (Å²) in [5.74, 6) is 0. The van der Waals surface area contributed by atoms with Crippen LogP contribution in [-0.2, 0) is 10.3 Å². The lowest BCUT2D eigenvalue weighted by atomic mass is 10.0. The molecule has 19 heavy (non-hydrogen) atoms. The van der Waals surface area contributed by atoms with Crippen molar-refractivity contribution in [3.8, 4) is 0 Å². The maximum atomic E-state index is 11.9. The number of rotatable bonds is 3. The third kappa shape index (κ3) is 3.49. The van der Waals surface area contributed by atoms with E-state index >= 15 is 0 Å². The monoisotopic (exact) mass is 265 g/mol. The number of hydrogen-bond donors (Lipinski definition) is 1. The lowest BCUT2D eigenvalue weighted by molar-refractivity contribution is 0.0466. The number of ether oxygens (including phenoxy) is 1. The van der Waals surface area contributed by atoms with E-state index in [1.54, 1.807) is 0 Å². The molecular weight excluding hydrogens is 242 g/mol. The van der Waals surface area contributed by atoms with Gasteiger partial charge in [0.05, 0.1) is 23.8 Å². The van der Waals surface area contributed by atoms with Crippen LogP contribution in [0, 0.1) is 0 Å². The van der Waals surface area contributed by atoms with Gasteiger partial charge in [0.1, 0.15) is 5.60 Å². The van der Waals surface area contributed by atoms with Crippen LogP contribution in [0.15, 0.2) is 12.5 Å². The molecule has 0 unspecified atom stereocenters. The van der Waals surface area contributed by atoms with E-state index in [0.29, 0.717) is 6.04 Å². The maximum Gasteiger partial charge on any atom is 0.408 e. The quantitative estimate of drug-likeness (QED) is 0.914. The van der Waals surface area contributed by atoms with Crippen LogP contribution in [-0.4, -0.2) is 21.2 Å². The van der Waals surface area contributed by atoms with Crippen LogP contribution in [0.2, 0.25) is 0 Å². The van der Waals surface area contributed by atoms with E-state index in [1.165, 1.54) is 12.8 Å². The Balaban J connectivity index is 2.09.